The molecule has 0 radical (unpaired) electrons. The number of fused-ring (bicyclic) bond motifs is 5. The molecular weight excluding hydrogens is 312 g/mol. The van der Waals surface area contributed by atoms with E-state index in [2.05, 4.69) is 20.8 Å². The topological polar surface area (TPSA) is 38.7 Å². The summed E-state index contributed by atoms with van der Waals surface area (Å²) < 4.78 is 12.2. The third kappa shape index (κ3) is 2.21. The van der Waals surface area contributed by atoms with E-state index in [4.69, 9.17) is 9.47 Å². The first-order chi connectivity index (χ1) is 11.9. The average molecular weight is 349 g/mol. The van der Waals surface area contributed by atoms with Crippen molar-refractivity contribution in [1.29, 1.82) is 0 Å². The van der Waals surface area contributed by atoms with Gasteiger partial charge in [-0.3, -0.25) is 0 Å². The van der Waals surface area contributed by atoms with Crippen LogP contribution >= 0.6 is 0 Å². The van der Waals surface area contributed by atoms with Crippen molar-refractivity contribution in [3.05, 3.63) is 0 Å². The molecule has 25 heavy (non-hydrogen) atoms. The Morgan fingerprint density at radius 2 is 1.56 bits per heavy atom. The fourth-order valence-corrected chi connectivity index (χ4v) is 8.39. The smallest absolute Gasteiger partial charge is 0.168 e. The van der Waals surface area contributed by atoms with Crippen molar-refractivity contribution in [2.24, 2.45) is 40.4 Å². The van der Waals surface area contributed by atoms with Crippen molar-refractivity contribution in [2.75, 3.05) is 13.2 Å². The van der Waals surface area contributed by atoms with Crippen LogP contribution in [-0.2, 0) is 9.47 Å². The molecule has 4 saturated carbocycles. The first-order valence-electron chi connectivity index (χ1n) is 10.8. The molecule has 142 valence electrons. The number of aliphatic hydroxyl groups is 1. The molecule has 5 rings (SSSR count). The summed E-state index contributed by atoms with van der Waals surface area (Å²) in [4.78, 5) is 0. The van der Waals surface area contributed by atoms with E-state index in [1.807, 2.05) is 0 Å². The summed E-state index contributed by atoms with van der Waals surface area (Å²) in [5.74, 6) is 3.64. The summed E-state index contributed by atoms with van der Waals surface area (Å²) in [6.07, 6.45) is 9.58. The number of ether oxygens (including phenoxy) is 2. The van der Waals surface area contributed by atoms with E-state index in [0.29, 0.717) is 5.41 Å². The Labute approximate surface area is 152 Å². The van der Waals surface area contributed by atoms with Crippen LogP contribution in [0.3, 0.4) is 0 Å². The lowest BCUT2D eigenvalue weighted by Crippen LogP contribution is -2.58. The maximum atomic E-state index is 10.6. The molecule has 3 nitrogen and oxygen atoms in total. The van der Waals surface area contributed by atoms with Crippen LogP contribution < -0.4 is 0 Å². The molecular formula is C22H36O3. The highest BCUT2D eigenvalue weighted by Crippen LogP contribution is 2.68. The second kappa shape index (κ2) is 5.45. The molecule has 0 aromatic carbocycles. The van der Waals surface area contributed by atoms with Gasteiger partial charge >= 0.3 is 0 Å². The van der Waals surface area contributed by atoms with Crippen LogP contribution in [0.25, 0.3) is 0 Å². The largest absolute Gasteiger partial charge is 0.393 e. The first-order valence-corrected chi connectivity index (χ1v) is 10.8. The molecule has 1 spiro atoms. The van der Waals surface area contributed by atoms with Gasteiger partial charge in [0.1, 0.15) is 0 Å². The zero-order chi connectivity index (χ0) is 17.4. The average Bonchev–Trinajstić information content (AvgIpc) is 3.15. The van der Waals surface area contributed by atoms with Gasteiger partial charge in [0, 0.05) is 12.8 Å². The van der Waals surface area contributed by atoms with E-state index in [-0.39, 0.29) is 17.3 Å². The standard InChI is InChI=1S/C22H36O3/c1-14-12-15-16-4-5-19(23)21(16,3)7-6-17(15)20(2)8-9-22(13-18(14)20)24-10-11-25-22/h14-19,23H,4-13H2,1-3H3/t14?,15-,16-,17-,18?,19?,20+,21-/m0/s1. The fourth-order valence-electron chi connectivity index (χ4n) is 8.39. The van der Waals surface area contributed by atoms with Crippen molar-refractivity contribution in [1.82, 2.24) is 0 Å². The number of hydrogen-bond acceptors (Lipinski definition) is 3. The van der Waals surface area contributed by atoms with Crippen LogP contribution in [0.2, 0.25) is 0 Å². The molecule has 5 aliphatic rings. The van der Waals surface area contributed by atoms with Crippen molar-refractivity contribution in [3.8, 4) is 0 Å². The van der Waals surface area contributed by atoms with Gasteiger partial charge in [-0.2, -0.15) is 0 Å². The van der Waals surface area contributed by atoms with E-state index in [9.17, 15) is 5.11 Å². The maximum absolute atomic E-state index is 10.6. The molecule has 1 N–H and O–H groups in total. The van der Waals surface area contributed by atoms with E-state index < -0.39 is 0 Å². The summed E-state index contributed by atoms with van der Waals surface area (Å²) in [7, 11) is 0. The minimum atomic E-state index is -0.252. The summed E-state index contributed by atoms with van der Waals surface area (Å²) >= 11 is 0. The van der Waals surface area contributed by atoms with Crippen molar-refractivity contribution in [2.45, 2.75) is 84.0 Å². The SMILES string of the molecule is CC1C[C@@H]2[C@H](CC[C@]3(C)C(O)CC[C@@H]23)[C@@]2(C)CCC3(CC12)OCCO3. The monoisotopic (exact) mass is 348 g/mol. The lowest BCUT2D eigenvalue weighted by atomic mass is 9.43. The Hall–Kier alpha value is -0.120. The molecule has 1 saturated heterocycles. The molecule has 0 aromatic heterocycles. The Kier molecular flexibility index (Phi) is 3.71. The summed E-state index contributed by atoms with van der Waals surface area (Å²) in [6.45, 7) is 9.04. The van der Waals surface area contributed by atoms with Gasteiger partial charge in [-0.1, -0.05) is 20.8 Å². The van der Waals surface area contributed by atoms with E-state index in [1.54, 1.807) is 0 Å². The van der Waals surface area contributed by atoms with E-state index in [0.717, 1.165) is 62.1 Å². The van der Waals surface area contributed by atoms with Gasteiger partial charge in [-0.15, -0.1) is 0 Å². The van der Waals surface area contributed by atoms with Gasteiger partial charge < -0.3 is 14.6 Å². The summed E-state index contributed by atoms with van der Waals surface area (Å²) in [5.41, 5.74) is 0.634. The Bertz CT molecular complexity index is 541. The van der Waals surface area contributed by atoms with Crippen molar-refractivity contribution >= 4 is 0 Å². The highest BCUT2D eigenvalue weighted by Gasteiger charge is 2.63. The third-order valence-corrected chi connectivity index (χ3v) is 9.80. The van der Waals surface area contributed by atoms with E-state index in [1.165, 1.54) is 32.1 Å². The zero-order valence-corrected chi connectivity index (χ0v) is 16.3. The second-order valence-corrected chi connectivity index (χ2v) is 10.7. The number of rotatable bonds is 0. The molecule has 8 atom stereocenters. The van der Waals surface area contributed by atoms with Crippen LogP contribution in [0, 0.1) is 40.4 Å². The van der Waals surface area contributed by atoms with Crippen LogP contribution in [0.4, 0.5) is 0 Å². The molecule has 3 unspecified atom stereocenters. The maximum Gasteiger partial charge on any atom is 0.168 e. The molecule has 3 heteroatoms. The van der Waals surface area contributed by atoms with Gasteiger partial charge in [-0.25, -0.2) is 0 Å². The number of hydrogen-bond donors (Lipinski definition) is 1. The lowest BCUT2D eigenvalue weighted by Gasteiger charge is -2.63. The highest BCUT2D eigenvalue weighted by molar-refractivity contribution is 5.11. The third-order valence-electron chi connectivity index (χ3n) is 9.80. The Balaban J connectivity index is 1.45. The van der Waals surface area contributed by atoms with Crippen LogP contribution in [0.1, 0.15) is 72.1 Å². The highest BCUT2D eigenvalue weighted by atomic mass is 16.7. The minimum absolute atomic E-state index is 0.0609. The molecule has 0 amide bonds. The Morgan fingerprint density at radius 3 is 2.32 bits per heavy atom. The van der Waals surface area contributed by atoms with E-state index >= 15 is 0 Å². The van der Waals surface area contributed by atoms with Crippen LogP contribution in [0.5, 0.6) is 0 Å². The van der Waals surface area contributed by atoms with Crippen LogP contribution in [-0.4, -0.2) is 30.2 Å². The molecule has 0 aromatic rings. The lowest BCUT2D eigenvalue weighted by molar-refractivity contribution is -0.239. The number of aliphatic hydroxyl groups excluding tert-OH is 1. The van der Waals surface area contributed by atoms with Crippen molar-refractivity contribution in [3.63, 3.8) is 0 Å². The molecule has 0 bridgehead atoms. The minimum Gasteiger partial charge on any atom is -0.393 e. The van der Waals surface area contributed by atoms with Gasteiger partial charge in [0.15, 0.2) is 5.79 Å². The summed E-state index contributed by atoms with van der Waals surface area (Å²) in [6, 6.07) is 0. The quantitative estimate of drug-likeness (QED) is 0.706. The molecule has 1 heterocycles. The van der Waals surface area contributed by atoms with Crippen LogP contribution in [0.15, 0.2) is 0 Å². The Morgan fingerprint density at radius 1 is 0.840 bits per heavy atom. The molecule has 4 aliphatic carbocycles. The summed E-state index contributed by atoms with van der Waals surface area (Å²) in [5, 5.41) is 10.6. The predicted octanol–water partition coefficient (Wildman–Crippen LogP) is 4.38. The molecule has 1 aliphatic heterocycles. The van der Waals surface area contributed by atoms with Gasteiger partial charge in [0.25, 0.3) is 0 Å². The fraction of sp³-hybridized carbons (Fsp3) is 1.00. The van der Waals surface area contributed by atoms with Gasteiger partial charge in [-0.05, 0) is 78.9 Å². The predicted molar refractivity (Wildman–Crippen MR) is 96.9 cm³/mol. The van der Waals surface area contributed by atoms with Gasteiger partial charge in [0.05, 0.1) is 19.3 Å². The van der Waals surface area contributed by atoms with Gasteiger partial charge in [0.2, 0.25) is 0 Å². The normalized spacial score (nSPS) is 57.1. The molecule has 5 fully saturated rings. The second-order valence-electron chi connectivity index (χ2n) is 10.7. The van der Waals surface area contributed by atoms with Crippen molar-refractivity contribution < 1.29 is 14.6 Å². The first kappa shape index (κ1) is 17.0. The zero-order valence-electron chi connectivity index (χ0n) is 16.3.